The topological polar surface area (TPSA) is 51.3 Å². The SMILES string of the molecule is COc1cc2ccc(=O)[nH]c2cc1OC. The smallest absolute Gasteiger partial charge is 0.248 e. The van der Waals surface area contributed by atoms with Crippen molar-refractivity contribution < 1.29 is 9.47 Å². The molecule has 0 fully saturated rings. The van der Waals surface area contributed by atoms with Crippen LogP contribution in [0.15, 0.2) is 29.1 Å². The van der Waals surface area contributed by atoms with Gasteiger partial charge in [0.1, 0.15) is 0 Å². The minimum Gasteiger partial charge on any atom is -0.493 e. The molecule has 0 atom stereocenters. The predicted octanol–water partition coefficient (Wildman–Crippen LogP) is 1.55. The van der Waals surface area contributed by atoms with Crippen molar-refractivity contribution in [3.8, 4) is 11.5 Å². The Morgan fingerprint density at radius 2 is 1.73 bits per heavy atom. The van der Waals surface area contributed by atoms with Crippen LogP contribution in [0.2, 0.25) is 0 Å². The van der Waals surface area contributed by atoms with Crippen LogP contribution in [0, 0.1) is 0 Å². The third kappa shape index (κ3) is 1.66. The third-order valence-electron chi connectivity index (χ3n) is 2.23. The first-order valence-corrected chi connectivity index (χ1v) is 4.49. The lowest BCUT2D eigenvalue weighted by Gasteiger charge is -2.08. The Morgan fingerprint density at radius 3 is 2.40 bits per heavy atom. The molecular formula is C11H11NO3. The van der Waals surface area contributed by atoms with E-state index in [-0.39, 0.29) is 5.56 Å². The van der Waals surface area contributed by atoms with E-state index in [2.05, 4.69) is 4.98 Å². The van der Waals surface area contributed by atoms with Crippen molar-refractivity contribution in [2.24, 2.45) is 0 Å². The number of pyridine rings is 1. The third-order valence-corrected chi connectivity index (χ3v) is 2.23. The maximum absolute atomic E-state index is 11.1. The summed E-state index contributed by atoms with van der Waals surface area (Å²) in [5, 5.41) is 0.909. The number of H-pyrrole nitrogens is 1. The number of ether oxygens (including phenoxy) is 2. The maximum Gasteiger partial charge on any atom is 0.248 e. The first-order valence-electron chi connectivity index (χ1n) is 4.49. The van der Waals surface area contributed by atoms with Crippen LogP contribution in [0.3, 0.4) is 0 Å². The van der Waals surface area contributed by atoms with Gasteiger partial charge in [-0.25, -0.2) is 0 Å². The van der Waals surface area contributed by atoms with Gasteiger partial charge in [-0.1, -0.05) is 0 Å². The Bertz CT molecular complexity index is 545. The largest absolute Gasteiger partial charge is 0.493 e. The second kappa shape index (κ2) is 3.65. The zero-order valence-electron chi connectivity index (χ0n) is 8.53. The molecule has 4 nitrogen and oxygen atoms in total. The van der Waals surface area contributed by atoms with E-state index >= 15 is 0 Å². The molecule has 0 radical (unpaired) electrons. The summed E-state index contributed by atoms with van der Waals surface area (Å²) in [4.78, 5) is 13.8. The van der Waals surface area contributed by atoms with Gasteiger partial charge in [-0.3, -0.25) is 4.79 Å². The lowest BCUT2D eigenvalue weighted by atomic mass is 10.2. The molecule has 1 aromatic carbocycles. The number of rotatable bonds is 2. The van der Waals surface area contributed by atoms with Crippen LogP contribution >= 0.6 is 0 Å². The van der Waals surface area contributed by atoms with Crippen molar-refractivity contribution in [2.45, 2.75) is 0 Å². The van der Waals surface area contributed by atoms with Crippen molar-refractivity contribution in [2.75, 3.05) is 14.2 Å². The van der Waals surface area contributed by atoms with Gasteiger partial charge in [0.05, 0.1) is 19.7 Å². The Hall–Kier alpha value is -1.97. The summed E-state index contributed by atoms with van der Waals surface area (Å²) < 4.78 is 10.3. The molecule has 1 N–H and O–H groups in total. The molecule has 4 heteroatoms. The first-order chi connectivity index (χ1) is 7.24. The quantitative estimate of drug-likeness (QED) is 0.809. The molecule has 78 valence electrons. The number of hydrogen-bond acceptors (Lipinski definition) is 3. The molecule has 0 unspecified atom stereocenters. The molecular weight excluding hydrogens is 194 g/mol. The van der Waals surface area contributed by atoms with Crippen LogP contribution in [0.25, 0.3) is 10.9 Å². The van der Waals surface area contributed by atoms with Gasteiger partial charge in [0.25, 0.3) is 0 Å². The van der Waals surface area contributed by atoms with Gasteiger partial charge in [0.15, 0.2) is 11.5 Å². The van der Waals surface area contributed by atoms with Crippen LogP contribution in [0.4, 0.5) is 0 Å². The summed E-state index contributed by atoms with van der Waals surface area (Å²) in [5.41, 5.74) is 0.606. The summed E-state index contributed by atoms with van der Waals surface area (Å²) in [5.74, 6) is 1.25. The second-order valence-corrected chi connectivity index (χ2v) is 3.12. The van der Waals surface area contributed by atoms with Crippen LogP contribution in [0.5, 0.6) is 11.5 Å². The fourth-order valence-corrected chi connectivity index (χ4v) is 1.48. The summed E-state index contributed by atoms with van der Waals surface area (Å²) in [7, 11) is 3.14. The molecule has 2 rings (SSSR count). The number of aromatic amines is 1. The van der Waals surface area contributed by atoms with Gasteiger partial charge in [-0.05, 0) is 12.1 Å². The van der Waals surface area contributed by atoms with E-state index in [1.165, 1.54) is 6.07 Å². The lowest BCUT2D eigenvalue weighted by molar-refractivity contribution is 0.356. The van der Waals surface area contributed by atoms with Crippen LogP contribution in [-0.2, 0) is 0 Å². The van der Waals surface area contributed by atoms with E-state index < -0.39 is 0 Å². The van der Waals surface area contributed by atoms with E-state index in [9.17, 15) is 4.79 Å². The minimum atomic E-state index is -0.130. The second-order valence-electron chi connectivity index (χ2n) is 3.12. The van der Waals surface area contributed by atoms with Crippen LogP contribution in [-0.4, -0.2) is 19.2 Å². The van der Waals surface area contributed by atoms with Gasteiger partial charge in [0.2, 0.25) is 5.56 Å². The molecule has 1 aromatic heterocycles. The highest BCUT2D eigenvalue weighted by atomic mass is 16.5. The predicted molar refractivity (Wildman–Crippen MR) is 57.7 cm³/mol. The van der Waals surface area contributed by atoms with Gasteiger partial charge in [-0.2, -0.15) is 0 Å². The fraction of sp³-hybridized carbons (Fsp3) is 0.182. The van der Waals surface area contributed by atoms with Crippen molar-refractivity contribution in [3.05, 3.63) is 34.6 Å². The summed E-state index contributed by atoms with van der Waals surface area (Å²) in [6.07, 6.45) is 0. The van der Waals surface area contributed by atoms with Crippen LogP contribution in [0.1, 0.15) is 0 Å². The van der Waals surface area contributed by atoms with Gasteiger partial charge in [-0.15, -0.1) is 0 Å². The van der Waals surface area contributed by atoms with E-state index in [0.29, 0.717) is 11.5 Å². The van der Waals surface area contributed by atoms with Crippen molar-refractivity contribution in [3.63, 3.8) is 0 Å². The maximum atomic E-state index is 11.1. The number of hydrogen-bond donors (Lipinski definition) is 1. The highest BCUT2D eigenvalue weighted by Gasteiger charge is 2.05. The molecule has 0 spiro atoms. The Balaban J connectivity index is 2.75. The molecule has 0 bridgehead atoms. The Kier molecular flexibility index (Phi) is 2.33. The monoisotopic (exact) mass is 205 g/mol. The zero-order valence-corrected chi connectivity index (χ0v) is 8.53. The van der Waals surface area contributed by atoms with Gasteiger partial charge < -0.3 is 14.5 Å². The van der Waals surface area contributed by atoms with Crippen molar-refractivity contribution in [1.82, 2.24) is 4.98 Å². The molecule has 0 aliphatic heterocycles. The Morgan fingerprint density at radius 1 is 1.07 bits per heavy atom. The van der Waals surface area contributed by atoms with Crippen molar-refractivity contribution in [1.29, 1.82) is 0 Å². The normalized spacial score (nSPS) is 10.3. The molecule has 0 aliphatic rings. The first kappa shape index (κ1) is 9.58. The molecule has 2 aromatic rings. The molecule has 1 heterocycles. The molecule has 0 aliphatic carbocycles. The average Bonchev–Trinajstić information content (AvgIpc) is 2.27. The number of nitrogens with one attached hydrogen (secondary N) is 1. The lowest BCUT2D eigenvalue weighted by Crippen LogP contribution is -2.02. The summed E-state index contributed by atoms with van der Waals surface area (Å²) >= 11 is 0. The van der Waals surface area contributed by atoms with Gasteiger partial charge in [0, 0.05) is 17.5 Å². The number of fused-ring (bicyclic) bond motifs is 1. The zero-order chi connectivity index (χ0) is 10.8. The highest BCUT2D eigenvalue weighted by molar-refractivity contribution is 5.82. The number of aromatic nitrogens is 1. The fourth-order valence-electron chi connectivity index (χ4n) is 1.48. The molecule has 0 saturated carbocycles. The van der Waals surface area contributed by atoms with Crippen LogP contribution < -0.4 is 15.0 Å². The van der Waals surface area contributed by atoms with Crippen molar-refractivity contribution >= 4 is 10.9 Å². The Labute approximate surface area is 86.5 Å². The van der Waals surface area contributed by atoms with E-state index in [1.807, 2.05) is 6.07 Å². The van der Waals surface area contributed by atoms with E-state index in [4.69, 9.17) is 9.47 Å². The minimum absolute atomic E-state index is 0.130. The molecule has 15 heavy (non-hydrogen) atoms. The average molecular weight is 205 g/mol. The molecule has 0 amide bonds. The van der Waals surface area contributed by atoms with E-state index in [1.54, 1.807) is 26.4 Å². The number of benzene rings is 1. The summed E-state index contributed by atoms with van der Waals surface area (Å²) in [6.45, 7) is 0. The van der Waals surface area contributed by atoms with Gasteiger partial charge >= 0.3 is 0 Å². The summed E-state index contributed by atoms with van der Waals surface area (Å²) in [6, 6.07) is 6.80. The number of methoxy groups -OCH3 is 2. The molecule has 0 saturated heterocycles. The highest BCUT2D eigenvalue weighted by Crippen LogP contribution is 2.30. The standard InChI is InChI=1S/C11H11NO3/c1-14-9-5-7-3-4-11(13)12-8(7)6-10(9)15-2/h3-6H,1-2H3,(H,12,13). The van der Waals surface area contributed by atoms with E-state index in [0.717, 1.165) is 10.9 Å².